The molecular weight excluding hydrogens is 316 g/mol. The number of nitrogens with one attached hydrogen (secondary N) is 1. The van der Waals surface area contributed by atoms with E-state index in [4.69, 9.17) is 14.6 Å². The van der Waals surface area contributed by atoms with Crippen LogP contribution in [0.4, 0.5) is 0 Å². The molecule has 0 bridgehead atoms. The van der Waals surface area contributed by atoms with Crippen LogP contribution in [-0.4, -0.2) is 34.5 Å². The number of benzene rings is 1. The van der Waals surface area contributed by atoms with Gasteiger partial charge in [0.05, 0.1) is 11.3 Å². The summed E-state index contributed by atoms with van der Waals surface area (Å²) in [6.45, 7) is 0.946. The number of carbonyl (C=O) groups is 1. The number of hydrogen-bond acceptors (Lipinski definition) is 4. The molecule has 6 nitrogen and oxygen atoms in total. The maximum atomic E-state index is 10.9. The first-order valence-corrected chi connectivity index (χ1v) is 6.33. The number of fused-ring (bicyclic) bond motifs is 1. The highest BCUT2D eigenvalue weighted by molar-refractivity contribution is 9.10. The Hall–Kier alpha value is -2.02. The number of aromatic carboxylic acids is 1. The lowest BCUT2D eigenvalue weighted by Gasteiger charge is -2.21. The number of rotatable bonds is 2. The van der Waals surface area contributed by atoms with Gasteiger partial charge in [0.15, 0.2) is 11.5 Å². The Morgan fingerprint density at radius 2 is 2.16 bits per heavy atom. The van der Waals surface area contributed by atoms with E-state index in [1.165, 1.54) is 6.07 Å². The van der Waals surface area contributed by atoms with Crippen LogP contribution in [0.1, 0.15) is 10.5 Å². The molecule has 1 aliphatic heterocycles. The minimum Gasteiger partial charge on any atom is -0.486 e. The Morgan fingerprint density at radius 1 is 1.37 bits per heavy atom. The zero-order valence-electron chi connectivity index (χ0n) is 9.64. The maximum Gasteiger partial charge on any atom is 0.353 e. The molecule has 2 aromatic rings. The number of aromatic amines is 1. The summed E-state index contributed by atoms with van der Waals surface area (Å²) in [4.78, 5) is 10.9. The van der Waals surface area contributed by atoms with Crippen molar-refractivity contribution in [1.29, 1.82) is 0 Å². The quantitative estimate of drug-likeness (QED) is 0.885. The Kier molecular flexibility index (Phi) is 2.90. The molecule has 98 valence electrons. The summed E-state index contributed by atoms with van der Waals surface area (Å²) in [6.07, 6.45) is 0. The molecule has 0 fully saturated rings. The normalized spacial score (nSPS) is 13.3. The van der Waals surface area contributed by atoms with Gasteiger partial charge in [0.25, 0.3) is 0 Å². The molecule has 0 saturated heterocycles. The van der Waals surface area contributed by atoms with Crippen LogP contribution in [0.3, 0.4) is 0 Å². The van der Waals surface area contributed by atoms with Crippen LogP contribution < -0.4 is 9.47 Å². The first-order chi connectivity index (χ1) is 9.16. The second kappa shape index (κ2) is 4.58. The first-order valence-electron chi connectivity index (χ1n) is 5.54. The number of carboxylic acids is 1. The van der Waals surface area contributed by atoms with Gasteiger partial charge in [-0.3, -0.25) is 5.10 Å². The van der Waals surface area contributed by atoms with Crippen LogP contribution in [0.5, 0.6) is 11.5 Å². The Bertz CT molecular complexity index is 653. The zero-order chi connectivity index (χ0) is 13.4. The van der Waals surface area contributed by atoms with Crippen LogP contribution in [-0.2, 0) is 0 Å². The number of hydrogen-bond donors (Lipinski definition) is 2. The zero-order valence-corrected chi connectivity index (χ0v) is 11.2. The summed E-state index contributed by atoms with van der Waals surface area (Å²) < 4.78 is 11.9. The third-order valence-electron chi connectivity index (χ3n) is 2.72. The van der Waals surface area contributed by atoms with Gasteiger partial charge in [0.2, 0.25) is 0 Å². The van der Waals surface area contributed by atoms with Gasteiger partial charge in [-0.1, -0.05) is 0 Å². The van der Waals surface area contributed by atoms with E-state index in [9.17, 15) is 4.79 Å². The van der Waals surface area contributed by atoms with Crippen LogP contribution in [0, 0.1) is 0 Å². The van der Waals surface area contributed by atoms with E-state index in [0.717, 1.165) is 4.47 Å². The molecule has 0 unspecified atom stereocenters. The summed E-state index contributed by atoms with van der Waals surface area (Å²) in [5.74, 6) is 0.144. The molecule has 2 heterocycles. The fraction of sp³-hybridized carbons (Fsp3) is 0.167. The van der Waals surface area contributed by atoms with Crippen LogP contribution in [0.15, 0.2) is 22.7 Å². The van der Waals surface area contributed by atoms with E-state index in [2.05, 4.69) is 26.1 Å². The minimum atomic E-state index is -1.06. The number of nitrogens with zero attached hydrogens (tertiary/aromatic N) is 1. The topological polar surface area (TPSA) is 84.4 Å². The lowest BCUT2D eigenvalue weighted by molar-refractivity contribution is 0.0690. The lowest BCUT2D eigenvalue weighted by Crippen LogP contribution is -2.16. The second-order valence-electron chi connectivity index (χ2n) is 3.92. The fourth-order valence-electron chi connectivity index (χ4n) is 1.89. The van der Waals surface area contributed by atoms with Crippen molar-refractivity contribution in [2.24, 2.45) is 0 Å². The highest BCUT2D eigenvalue weighted by atomic mass is 79.9. The van der Waals surface area contributed by atoms with Gasteiger partial charge in [-0.15, -0.1) is 0 Å². The van der Waals surface area contributed by atoms with E-state index >= 15 is 0 Å². The molecule has 2 N–H and O–H groups in total. The highest BCUT2D eigenvalue weighted by Gasteiger charge is 2.22. The summed E-state index contributed by atoms with van der Waals surface area (Å²) in [5, 5.41) is 15.4. The van der Waals surface area contributed by atoms with Gasteiger partial charge in [0.1, 0.15) is 18.9 Å². The Balaban J connectivity index is 2.15. The maximum absolute atomic E-state index is 10.9. The molecule has 1 aliphatic rings. The van der Waals surface area contributed by atoms with Crippen molar-refractivity contribution in [1.82, 2.24) is 10.2 Å². The number of ether oxygens (including phenoxy) is 2. The van der Waals surface area contributed by atoms with Gasteiger partial charge < -0.3 is 14.6 Å². The molecule has 0 saturated carbocycles. The van der Waals surface area contributed by atoms with Crippen molar-refractivity contribution in [2.45, 2.75) is 0 Å². The van der Waals surface area contributed by atoms with E-state index in [1.54, 1.807) is 6.07 Å². The van der Waals surface area contributed by atoms with E-state index in [1.807, 2.05) is 6.07 Å². The molecule has 0 spiro atoms. The van der Waals surface area contributed by atoms with Crippen LogP contribution in [0.25, 0.3) is 11.3 Å². The Labute approximate surface area is 116 Å². The highest BCUT2D eigenvalue weighted by Crippen LogP contribution is 2.43. The number of halogens is 1. The SMILES string of the molecule is O=C(O)c1cc(-c2c(Br)ccc3c2OCCO3)n[nH]1. The largest absolute Gasteiger partial charge is 0.486 e. The van der Waals surface area contributed by atoms with E-state index in [-0.39, 0.29) is 5.69 Å². The number of H-pyrrole nitrogens is 1. The number of aromatic nitrogens is 2. The average Bonchev–Trinajstić information content (AvgIpc) is 2.88. The van der Waals surface area contributed by atoms with Gasteiger partial charge in [-0.05, 0) is 34.1 Å². The van der Waals surface area contributed by atoms with Gasteiger partial charge >= 0.3 is 5.97 Å². The molecule has 0 amide bonds. The van der Waals surface area contributed by atoms with Crippen molar-refractivity contribution in [2.75, 3.05) is 13.2 Å². The molecule has 3 rings (SSSR count). The predicted molar refractivity (Wildman–Crippen MR) is 69.7 cm³/mol. The molecular formula is C12H9BrN2O4. The Morgan fingerprint density at radius 3 is 2.89 bits per heavy atom. The van der Waals surface area contributed by atoms with Gasteiger partial charge in [0, 0.05) is 4.47 Å². The summed E-state index contributed by atoms with van der Waals surface area (Å²) in [7, 11) is 0. The standard InChI is InChI=1S/C12H9BrN2O4/c13-6-1-2-9-11(19-4-3-18-9)10(6)7-5-8(12(16)17)15-14-7/h1-2,5H,3-4H2,(H,14,15)(H,16,17). The van der Waals surface area contributed by atoms with E-state index in [0.29, 0.717) is 36.0 Å². The van der Waals surface area contributed by atoms with Crippen LogP contribution in [0.2, 0.25) is 0 Å². The molecule has 7 heteroatoms. The first kappa shape index (κ1) is 12.0. The van der Waals surface area contributed by atoms with Crippen molar-refractivity contribution < 1.29 is 19.4 Å². The average molecular weight is 325 g/mol. The smallest absolute Gasteiger partial charge is 0.353 e. The fourth-order valence-corrected chi connectivity index (χ4v) is 2.41. The monoisotopic (exact) mass is 324 g/mol. The number of carboxylic acid groups (broad SMARTS) is 1. The van der Waals surface area contributed by atoms with Gasteiger partial charge in [-0.25, -0.2) is 4.79 Å². The summed E-state index contributed by atoms with van der Waals surface area (Å²) in [5.41, 5.74) is 1.20. The molecule has 19 heavy (non-hydrogen) atoms. The van der Waals surface area contributed by atoms with Gasteiger partial charge in [-0.2, -0.15) is 5.10 Å². The lowest BCUT2D eigenvalue weighted by atomic mass is 10.1. The summed E-state index contributed by atoms with van der Waals surface area (Å²) >= 11 is 3.42. The molecule has 0 aliphatic carbocycles. The molecule has 0 atom stereocenters. The molecule has 1 aromatic carbocycles. The van der Waals surface area contributed by atoms with Crippen molar-refractivity contribution in [3.63, 3.8) is 0 Å². The predicted octanol–water partition coefficient (Wildman–Crippen LogP) is 2.31. The van der Waals surface area contributed by atoms with Crippen molar-refractivity contribution in [3.05, 3.63) is 28.4 Å². The summed E-state index contributed by atoms with van der Waals surface area (Å²) in [6, 6.07) is 5.07. The third-order valence-corrected chi connectivity index (χ3v) is 3.38. The second-order valence-corrected chi connectivity index (χ2v) is 4.77. The molecule has 0 radical (unpaired) electrons. The third kappa shape index (κ3) is 2.06. The van der Waals surface area contributed by atoms with Crippen molar-refractivity contribution >= 4 is 21.9 Å². The molecule has 1 aromatic heterocycles. The van der Waals surface area contributed by atoms with Crippen molar-refractivity contribution in [3.8, 4) is 22.8 Å². The minimum absolute atomic E-state index is 0.0243. The van der Waals surface area contributed by atoms with Crippen LogP contribution >= 0.6 is 15.9 Å². The van der Waals surface area contributed by atoms with E-state index < -0.39 is 5.97 Å².